The van der Waals surface area contributed by atoms with Crippen LogP contribution in [0, 0.1) is 17.1 Å². The zero-order chi connectivity index (χ0) is 13.1. The minimum atomic E-state index is -0.390. The largest absolute Gasteiger partial charge is 0.382 e. The molecule has 0 atom stereocenters. The van der Waals surface area contributed by atoms with Crippen LogP contribution in [0.15, 0.2) is 18.2 Å². The van der Waals surface area contributed by atoms with Gasteiger partial charge in [-0.15, -0.1) is 0 Å². The topological polar surface area (TPSA) is 39.1 Å². The predicted molar refractivity (Wildman–Crippen MR) is 67.4 cm³/mol. The Morgan fingerprint density at radius 2 is 2.06 bits per heavy atom. The van der Waals surface area contributed by atoms with E-state index in [9.17, 15) is 4.39 Å². The third kappa shape index (κ3) is 3.43. The van der Waals surface area contributed by atoms with Crippen molar-refractivity contribution in [2.45, 2.75) is 19.4 Å². The van der Waals surface area contributed by atoms with E-state index in [1.165, 1.54) is 12.1 Å². The van der Waals surface area contributed by atoms with E-state index >= 15 is 0 Å². The third-order valence-corrected chi connectivity index (χ3v) is 3.02. The lowest BCUT2D eigenvalue weighted by atomic mass is 10.0. The maximum Gasteiger partial charge on any atom is 0.124 e. The molecule has 0 aliphatic rings. The second kappa shape index (κ2) is 5.15. The molecule has 0 amide bonds. The molecule has 92 valence electrons. The Morgan fingerprint density at radius 1 is 1.41 bits per heavy atom. The van der Waals surface area contributed by atoms with Crippen LogP contribution >= 0.6 is 0 Å². The average molecular weight is 235 g/mol. The molecule has 0 fully saturated rings. The summed E-state index contributed by atoms with van der Waals surface area (Å²) in [6.45, 7) is 4.87. The van der Waals surface area contributed by atoms with Gasteiger partial charge in [-0.3, -0.25) is 0 Å². The molecule has 17 heavy (non-hydrogen) atoms. The number of anilines is 1. The highest BCUT2D eigenvalue weighted by Crippen LogP contribution is 2.18. The molecule has 0 spiro atoms. The number of nitrogens with zero attached hydrogens (tertiary/aromatic N) is 2. The molecule has 1 aromatic rings. The number of benzene rings is 1. The highest BCUT2D eigenvalue weighted by atomic mass is 19.1. The van der Waals surface area contributed by atoms with Crippen LogP contribution in [-0.2, 0) is 0 Å². The van der Waals surface area contributed by atoms with Crippen LogP contribution in [0.5, 0.6) is 0 Å². The molecule has 1 rings (SSSR count). The SMILES string of the molecule is CN(C)C(C)(C)CNc1ccc(F)cc1C#N. The molecule has 4 heteroatoms. The molecule has 0 radical (unpaired) electrons. The highest BCUT2D eigenvalue weighted by Gasteiger charge is 2.20. The number of nitriles is 1. The van der Waals surface area contributed by atoms with Crippen molar-refractivity contribution in [2.75, 3.05) is 26.0 Å². The van der Waals surface area contributed by atoms with E-state index in [0.29, 0.717) is 17.8 Å². The lowest BCUT2D eigenvalue weighted by molar-refractivity contribution is 0.210. The van der Waals surface area contributed by atoms with Crippen molar-refractivity contribution in [1.82, 2.24) is 4.90 Å². The van der Waals surface area contributed by atoms with Gasteiger partial charge in [0.1, 0.15) is 11.9 Å². The lowest BCUT2D eigenvalue weighted by Crippen LogP contribution is -2.44. The molecule has 1 aromatic carbocycles. The highest BCUT2D eigenvalue weighted by molar-refractivity contribution is 5.57. The van der Waals surface area contributed by atoms with Crippen molar-refractivity contribution >= 4 is 5.69 Å². The van der Waals surface area contributed by atoms with Gasteiger partial charge in [0.05, 0.1) is 11.3 Å². The van der Waals surface area contributed by atoms with Crippen molar-refractivity contribution in [3.05, 3.63) is 29.6 Å². The van der Waals surface area contributed by atoms with Crippen LogP contribution in [0.25, 0.3) is 0 Å². The van der Waals surface area contributed by atoms with Gasteiger partial charge < -0.3 is 10.2 Å². The van der Waals surface area contributed by atoms with E-state index in [-0.39, 0.29) is 11.4 Å². The summed E-state index contributed by atoms with van der Waals surface area (Å²) >= 11 is 0. The number of hydrogen-bond donors (Lipinski definition) is 1. The van der Waals surface area contributed by atoms with E-state index in [1.54, 1.807) is 6.07 Å². The van der Waals surface area contributed by atoms with Gasteiger partial charge in [-0.25, -0.2) is 4.39 Å². The number of rotatable bonds is 4. The molecule has 0 aliphatic carbocycles. The first-order valence-electron chi connectivity index (χ1n) is 5.48. The van der Waals surface area contributed by atoms with Gasteiger partial charge in [-0.1, -0.05) is 0 Å². The number of likely N-dealkylation sites (N-methyl/N-ethyl adjacent to an activating group) is 1. The number of nitrogens with one attached hydrogen (secondary N) is 1. The average Bonchev–Trinajstić information content (AvgIpc) is 2.27. The lowest BCUT2D eigenvalue weighted by Gasteiger charge is -2.33. The van der Waals surface area contributed by atoms with Crippen LogP contribution in [0.1, 0.15) is 19.4 Å². The van der Waals surface area contributed by atoms with Crippen molar-refractivity contribution in [2.24, 2.45) is 0 Å². The molecule has 0 bridgehead atoms. The first kappa shape index (κ1) is 13.5. The Morgan fingerprint density at radius 3 is 2.59 bits per heavy atom. The van der Waals surface area contributed by atoms with E-state index in [1.807, 2.05) is 20.2 Å². The fourth-order valence-electron chi connectivity index (χ4n) is 1.23. The normalized spacial score (nSPS) is 11.4. The van der Waals surface area contributed by atoms with Gasteiger partial charge in [0.15, 0.2) is 0 Å². The Hall–Kier alpha value is -1.60. The van der Waals surface area contributed by atoms with Gasteiger partial charge in [0, 0.05) is 12.1 Å². The van der Waals surface area contributed by atoms with Gasteiger partial charge in [0.25, 0.3) is 0 Å². The Bertz CT molecular complexity index is 433. The molecule has 0 unspecified atom stereocenters. The van der Waals surface area contributed by atoms with Crippen LogP contribution in [0.4, 0.5) is 10.1 Å². The molecule has 0 saturated carbocycles. The van der Waals surface area contributed by atoms with Crippen molar-refractivity contribution in [3.8, 4) is 6.07 Å². The minimum Gasteiger partial charge on any atom is -0.382 e. The van der Waals surface area contributed by atoms with Crippen molar-refractivity contribution < 1.29 is 4.39 Å². The van der Waals surface area contributed by atoms with Crippen LogP contribution < -0.4 is 5.32 Å². The minimum absolute atomic E-state index is 0.0406. The van der Waals surface area contributed by atoms with E-state index in [0.717, 1.165) is 0 Å². The third-order valence-electron chi connectivity index (χ3n) is 3.02. The summed E-state index contributed by atoms with van der Waals surface area (Å²) in [4.78, 5) is 2.09. The zero-order valence-corrected chi connectivity index (χ0v) is 10.7. The van der Waals surface area contributed by atoms with Gasteiger partial charge in [0.2, 0.25) is 0 Å². The maximum absolute atomic E-state index is 12.9. The second-order valence-corrected chi connectivity index (χ2v) is 4.86. The Labute approximate surface area is 102 Å². The van der Waals surface area contributed by atoms with Crippen molar-refractivity contribution in [1.29, 1.82) is 5.26 Å². The number of hydrogen-bond acceptors (Lipinski definition) is 3. The Balaban J connectivity index is 2.80. The second-order valence-electron chi connectivity index (χ2n) is 4.86. The molecule has 0 heterocycles. The molecule has 0 saturated heterocycles. The van der Waals surface area contributed by atoms with Crippen LogP contribution in [0.2, 0.25) is 0 Å². The van der Waals surface area contributed by atoms with Gasteiger partial charge in [-0.05, 0) is 46.1 Å². The van der Waals surface area contributed by atoms with Crippen LogP contribution in [0.3, 0.4) is 0 Å². The molecule has 1 N–H and O–H groups in total. The fourth-order valence-corrected chi connectivity index (χ4v) is 1.23. The summed E-state index contributed by atoms with van der Waals surface area (Å²) in [7, 11) is 4.00. The zero-order valence-electron chi connectivity index (χ0n) is 10.7. The fraction of sp³-hybridized carbons (Fsp3) is 0.462. The predicted octanol–water partition coefficient (Wildman–Crippen LogP) is 2.45. The summed E-state index contributed by atoms with van der Waals surface area (Å²) in [5, 5.41) is 12.1. The van der Waals surface area contributed by atoms with E-state index in [2.05, 4.69) is 24.1 Å². The van der Waals surface area contributed by atoms with Gasteiger partial charge >= 0.3 is 0 Å². The number of halogens is 1. The van der Waals surface area contributed by atoms with Crippen LogP contribution in [-0.4, -0.2) is 31.1 Å². The smallest absolute Gasteiger partial charge is 0.124 e. The summed E-state index contributed by atoms with van der Waals surface area (Å²) in [6, 6.07) is 6.18. The van der Waals surface area contributed by atoms with E-state index < -0.39 is 0 Å². The molecule has 3 nitrogen and oxygen atoms in total. The summed E-state index contributed by atoms with van der Waals surface area (Å²) in [5.74, 6) is -0.390. The first-order valence-corrected chi connectivity index (χ1v) is 5.48. The summed E-state index contributed by atoms with van der Waals surface area (Å²) < 4.78 is 12.9. The first-order chi connectivity index (χ1) is 7.86. The standard InChI is InChI=1S/C13H18FN3/c1-13(2,17(3)4)9-16-12-6-5-11(14)7-10(12)8-15/h5-7,16H,9H2,1-4H3. The monoisotopic (exact) mass is 235 g/mol. The quantitative estimate of drug-likeness (QED) is 0.871. The van der Waals surface area contributed by atoms with E-state index in [4.69, 9.17) is 5.26 Å². The Kier molecular flexibility index (Phi) is 4.08. The van der Waals surface area contributed by atoms with Gasteiger partial charge in [-0.2, -0.15) is 5.26 Å². The van der Waals surface area contributed by atoms with Crippen molar-refractivity contribution in [3.63, 3.8) is 0 Å². The molecule has 0 aromatic heterocycles. The maximum atomic E-state index is 12.9. The summed E-state index contributed by atoms with van der Waals surface area (Å²) in [6.07, 6.45) is 0. The summed E-state index contributed by atoms with van der Waals surface area (Å²) in [5.41, 5.74) is 0.963. The molecule has 0 aliphatic heterocycles. The molecular weight excluding hydrogens is 217 g/mol. The molecular formula is C13H18FN3.